The molecule has 0 bridgehead atoms. The van der Waals surface area contributed by atoms with Crippen LogP contribution >= 0.6 is 29.7 Å². The Labute approximate surface area is 108 Å². The molecule has 0 aliphatic heterocycles. The van der Waals surface area contributed by atoms with E-state index < -0.39 is 5.69 Å². The standard InChI is InChI=1S/C9H21O2PS3/c1-4-7-8-9(13)15-12(14,10-5-2)11-6-3/h9,13H,4-8H2,1-3H3. The SMILES string of the molecule is CCCCC(S)SP(=S)(OCC)OCC. The quantitative estimate of drug-likeness (QED) is 0.383. The summed E-state index contributed by atoms with van der Waals surface area (Å²) in [5.74, 6) is 0. The molecule has 0 spiro atoms. The van der Waals surface area contributed by atoms with Crippen LogP contribution < -0.4 is 0 Å². The summed E-state index contributed by atoms with van der Waals surface area (Å²) in [6.45, 7) is 7.28. The monoisotopic (exact) mass is 288 g/mol. The first kappa shape index (κ1) is 16.3. The molecular weight excluding hydrogens is 267 g/mol. The minimum atomic E-state index is -2.14. The van der Waals surface area contributed by atoms with E-state index in [-0.39, 0.29) is 4.58 Å². The number of thiol groups is 1. The molecule has 15 heavy (non-hydrogen) atoms. The summed E-state index contributed by atoms with van der Waals surface area (Å²) >= 11 is 11.5. The van der Waals surface area contributed by atoms with Crippen LogP contribution in [0.5, 0.6) is 0 Å². The highest BCUT2D eigenvalue weighted by Gasteiger charge is 2.22. The van der Waals surface area contributed by atoms with Crippen molar-refractivity contribution >= 4 is 41.5 Å². The van der Waals surface area contributed by atoms with Crippen LogP contribution in [-0.2, 0) is 20.9 Å². The summed E-state index contributed by atoms with van der Waals surface area (Å²) in [6.07, 6.45) is 3.42. The molecule has 1 unspecified atom stereocenters. The minimum absolute atomic E-state index is 0.230. The highest BCUT2D eigenvalue weighted by Crippen LogP contribution is 2.63. The summed E-state index contributed by atoms with van der Waals surface area (Å²) in [7, 11) is 0. The number of rotatable bonds is 9. The predicted octanol–water partition coefficient (Wildman–Crippen LogP) is 4.46. The van der Waals surface area contributed by atoms with E-state index in [4.69, 9.17) is 20.9 Å². The van der Waals surface area contributed by atoms with Gasteiger partial charge in [-0.3, -0.25) is 0 Å². The fourth-order valence-electron chi connectivity index (χ4n) is 0.995. The Bertz CT molecular complexity index is 192. The van der Waals surface area contributed by atoms with Gasteiger partial charge in [-0.05, 0) is 32.1 Å². The van der Waals surface area contributed by atoms with Crippen LogP contribution in [0.3, 0.4) is 0 Å². The van der Waals surface area contributed by atoms with Gasteiger partial charge >= 0.3 is 0 Å². The minimum Gasteiger partial charge on any atom is -0.322 e. The van der Waals surface area contributed by atoms with Gasteiger partial charge in [-0.15, -0.1) is 0 Å². The Morgan fingerprint density at radius 1 is 1.27 bits per heavy atom. The van der Waals surface area contributed by atoms with Gasteiger partial charge in [0, 0.05) is 0 Å². The molecule has 0 aromatic rings. The van der Waals surface area contributed by atoms with Crippen LogP contribution in [0, 0.1) is 0 Å². The first-order chi connectivity index (χ1) is 7.08. The third kappa shape index (κ3) is 8.06. The second-order valence-corrected chi connectivity index (χ2v) is 10.4. The van der Waals surface area contributed by atoms with Crippen molar-refractivity contribution < 1.29 is 9.05 Å². The zero-order chi connectivity index (χ0) is 11.7. The van der Waals surface area contributed by atoms with E-state index in [1.807, 2.05) is 13.8 Å². The smallest absolute Gasteiger partial charge is 0.248 e. The van der Waals surface area contributed by atoms with Gasteiger partial charge in [-0.25, -0.2) is 0 Å². The topological polar surface area (TPSA) is 18.5 Å². The average molecular weight is 288 g/mol. The van der Waals surface area contributed by atoms with Gasteiger partial charge in [-0.1, -0.05) is 31.1 Å². The average Bonchev–Trinajstić information content (AvgIpc) is 2.15. The molecule has 6 heteroatoms. The van der Waals surface area contributed by atoms with Gasteiger partial charge < -0.3 is 9.05 Å². The van der Waals surface area contributed by atoms with Crippen LogP contribution in [0.4, 0.5) is 0 Å². The van der Waals surface area contributed by atoms with Crippen molar-refractivity contribution in [1.29, 1.82) is 0 Å². The second kappa shape index (κ2) is 9.32. The first-order valence-electron chi connectivity index (χ1n) is 5.33. The van der Waals surface area contributed by atoms with E-state index in [2.05, 4.69) is 19.6 Å². The van der Waals surface area contributed by atoms with E-state index in [1.54, 1.807) is 11.4 Å². The highest BCUT2D eigenvalue weighted by atomic mass is 32.9. The van der Waals surface area contributed by atoms with Crippen molar-refractivity contribution in [3.05, 3.63) is 0 Å². The van der Waals surface area contributed by atoms with Crippen molar-refractivity contribution in [2.75, 3.05) is 13.2 Å². The lowest BCUT2D eigenvalue weighted by molar-refractivity contribution is 0.280. The van der Waals surface area contributed by atoms with Crippen LogP contribution in [0.25, 0.3) is 0 Å². The molecule has 0 heterocycles. The molecule has 0 amide bonds. The molecule has 0 aliphatic rings. The van der Waals surface area contributed by atoms with E-state index in [9.17, 15) is 0 Å². The van der Waals surface area contributed by atoms with Crippen LogP contribution in [-0.4, -0.2) is 17.8 Å². The third-order valence-corrected chi connectivity index (χ3v) is 8.17. The number of unbranched alkanes of at least 4 members (excludes halogenated alkanes) is 1. The van der Waals surface area contributed by atoms with Gasteiger partial charge in [0.1, 0.15) is 0 Å². The molecule has 0 saturated heterocycles. The zero-order valence-electron chi connectivity index (χ0n) is 9.64. The first-order valence-corrected chi connectivity index (χ1v) is 9.97. The lowest BCUT2D eigenvalue weighted by atomic mass is 10.3. The Balaban J connectivity index is 4.08. The van der Waals surface area contributed by atoms with E-state index >= 15 is 0 Å². The summed E-state index contributed by atoms with van der Waals surface area (Å²) in [6, 6.07) is 0. The number of hydrogen-bond donors (Lipinski definition) is 1. The Morgan fingerprint density at radius 3 is 2.20 bits per heavy atom. The lowest BCUT2D eigenvalue weighted by Crippen LogP contribution is -1.98. The molecule has 0 N–H and O–H groups in total. The van der Waals surface area contributed by atoms with Crippen molar-refractivity contribution in [3.63, 3.8) is 0 Å². The molecular formula is C9H21O2PS3. The summed E-state index contributed by atoms with van der Waals surface area (Å²) in [4.78, 5) is 0. The van der Waals surface area contributed by atoms with Gasteiger partial charge in [0.05, 0.1) is 17.8 Å². The normalized spacial score (nSPS) is 14.1. The Morgan fingerprint density at radius 2 is 1.80 bits per heavy atom. The van der Waals surface area contributed by atoms with E-state index in [0.717, 1.165) is 6.42 Å². The predicted molar refractivity (Wildman–Crippen MR) is 77.4 cm³/mol. The van der Waals surface area contributed by atoms with Crippen molar-refractivity contribution in [2.24, 2.45) is 0 Å². The Kier molecular flexibility index (Phi) is 10.1. The number of hydrogen-bond acceptors (Lipinski definition) is 5. The van der Waals surface area contributed by atoms with Gasteiger partial charge in [0.25, 0.3) is 0 Å². The van der Waals surface area contributed by atoms with Crippen molar-refractivity contribution in [2.45, 2.75) is 44.6 Å². The van der Waals surface area contributed by atoms with Crippen LogP contribution in [0.1, 0.15) is 40.0 Å². The van der Waals surface area contributed by atoms with E-state index in [1.165, 1.54) is 12.8 Å². The van der Waals surface area contributed by atoms with Gasteiger partial charge in [-0.2, -0.15) is 12.6 Å². The molecule has 0 aromatic heterocycles. The molecule has 0 fully saturated rings. The molecule has 2 nitrogen and oxygen atoms in total. The Hall–Kier alpha value is 1.27. The molecule has 0 radical (unpaired) electrons. The van der Waals surface area contributed by atoms with Crippen LogP contribution in [0.2, 0.25) is 0 Å². The van der Waals surface area contributed by atoms with E-state index in [0.29, 0.717) is 13.2 Å². The fourth-order valence-corrected chi connectivity index (χ4v) is 8.04. The third-order valence-electron chi connectivity index (χ3n) is 1.63. The summed E-state index contributed by atoms with van der Waals surface area (Å²) in [5, 5.41) is 0. The second-order valence-electron chi connectivity index (χ2n) is 2.99. The summed E-state index contributed by atoms with van der Waals surface area (Å²) in [5.41, 5.74) is -2.14. The fraction of sp³-hybridized carbons (Fsp3) is 1.00. The van der Waals surface area contributed by atoms with Crippen molar-refractivity contribution in [1.82, 2.24) is 0 Å². The van der Waals surface area contributed by atoms with Gasteiger partial charge in [0.15, 0.2) is 0 Å². The largest absolute Gasteiger partial charge is 0.322 e. The maximum Gasteiger partial charge on any atom is 0.248 e. The highest BCUT2D eigenvalue weighted by molar-refractivity contribution is 8.69. The zero-order valence-corrected chi connectivity index (χ0v) is 13.1. The summed E-state index contributed by atoms with van der Waals surface area (Å²) < 4.78 is 11.3. The molecule has 0 saturated carbocycles. The molecule has 1 atom stereocenters. The van der Waals surface area contributed by atoms with Gasteiger partial charge in [0.2, 0.25) is 5.69 Å². The van der Waals surface area contributed by atoms with Crippen LogP contribution in [0.15, 0.2) is 0 Å². The maximum absolute atomic E-state index is 5.54. The molecule has 92 valence electrons. The van der Waals surface area contributed by atoms with Crippen molar-refractivity contribution in [3.8, 4) is 0 Å². The molecule has 0 rings (SSSR count). The molecule has 0 aliphatic carbocycles. The lowest BCUT2D eigenvalue weighted by Gasteiger charge is -2.22. The maximum atomic E-state index is 5.54. The molecule has 0 aromatic carbocycles.